The standard InChI is InChI=1S/C10H17ClO4/c1-6(2)7(15-9(11)13)14-8(12)10(3,4)5/h6-7H,1-5H3. The Labute approximate surface area is 94.9 Å². The van der Waals surface area contributed by atoms with Gasteiger partial charge in [0.05, 0.1) is 5.41 Å². The Bertz CT molecular complexity index is 242. The maximum Gasteiger partial charge on any atom is 0.406 e. The third-order valence-electron chi connectivity index (χ3n) is 1.59. The van der Waals surface area contributed by atoms with Crippen LogP contribution in [0.25, 0.3) is 0 Å². The maximum atomic E-state index is 11.5. The summed E-state index contributed by atoms with van der Waals surface area (Å²) in [5, 5.41) is 0. The van der Waals surface area contributed by atoms with Crippen LogP contribution in [-0.4, -0.2) is 17.7 Å². The van der Waals surface area contributed by atoms with Gasteiger partial charge in [0.1, 0.15) is 0 Å². The number of ether oxygens (including phenoxy) is 2. The van der Waals surface area contributed by atoms with Crippen LogP contribution in [0.2, 0.25) is 0 Å². The van der Waals surface area contributed by atoms with Gasteiger partial charge in [-0.3, -0.25) is 4.79 Å². The summed E-state index contributed by atoms with van der Waals surface area (Å²) in [7, 11) is 0. The summed E-state index contributed by atoms with van der Waals surface area (Å²) in [5.74, 6) is -0.571. The fourth-order valence-corrected chi connectivity index (χ4v) is 0.758. The summed E-state index contributed by atoms with van der Waals surface area (Å²) in [4.78, 5) is 22.0. The number of halogens is 1. The first-order chi connectivity index (χ1) is 6.64. The first kappa shape index (κ1) is 14.2. The van der Waals surface area contributed by atoms with E-state index in [1.807, 2.05) is 0 Å². The van der Waals surface area contributed by atoms with Gasteiger partial charge >= 0.3 is 11.4 Å². The SMILES string of the molecule is CC(C)C(OC(=O)Cl)OC(=O)C(C)(C)C. The molecule has 0 aliphatic heterocycles. The third-order valence-corrected chi connectivity index (χ3v) is 1.68. The molecule has 0 saturated carbocycles. The molecule has 0 fully saturated rings. The van der Waals surface area contributed by atoms with Crippen LogP contribution in [0, 0.1) is 11.3 Å². The van der Waals surface area contributed by atoms with Crippen molar-refractivity contribution in [3.05, 3.63) is 0 Å². The van der Waals surface area contributed by atoms with Crippen LogP contribution in [0.4, 0.5) is 4.79 Å². The molecular formula is C10H17ClO4. The van der Waals surface area contributed by atoms with E-state index in [4.69, 9.17) is 16.3 Å². The zero-order chi connectivity index (χ0) is 12.2. The van der Waals surface area contributed by atoms with Crippen molar-refractivity contribution in [1.29, 1.82) is 0 Å². The Balaban J connectivity index is 4.42. The van der Waals surface area contributed by atoms with Gasteiger partial charge in [-0.1, -0.05) is 13.8 Å². The fourth-order valence-electron chi connectivity index (χ4n) is 0.670. The largest absolute Gasteiger partial charge is 0.424 e. The Hall–Kier alpha value is -0.770. The monoisotopic (exact) mass is 236 g/mol. The normalized spacial score (nSPS) is 13.5. The average Bonchev–Trinajstić information content (AvgIpc) is 1.99. The zero-order valence-corrected chi connectivity index (χ0v) is 10.4. The smallest absolute Gasteiger partial charge is 0.406 e. The predicted octanol–water partition coefficient (Wildman–Crippen LogP) is 2.93. The predicted molar refractivity (Wildman–Crippen MR) is 56.5 cm³/mol. The minimum absolute atomic E-state index is 0.140. The summed E-state index contributed by atoms with van der Waals surface area (Å²) < 4.78 is 9.68. The van der Waals surface area contributed by atoms with Crippen molar-refractivity contribution in [2.45, 2.75) is 40.9 Å². The molecule has 1 unspecified atom stereocenters. The van der Waals surface area contributed by atoms with Crippen molar-refractivity contribution in [2.24, 2.45) is 11.3 Å². The van der Waals surface area contributed by atoms with Crippen LogP contribution in [0.15, 0.2) is 0 Å². The van der Waals surface area contributed by atoms with Gasteiger partial charge in [-0.05, 0) is 20.8 Å². The lowest BCUT2D eigenvalue weighted by atomic mass is 9.97. The molecule has 0 spiro atoms. The zero-order valence-electron chi connectivity index (χ0n) is 9.67. The lowest BCUT2D eigenvalue weighted by Crippen LogP contribution is -2.33. The topological polar surface area (TPSA) is 52.6 Å². The minimum atomic E-state index is -0.976. The van der Waals surface area contributed by atoms with Crippen LogP contribution in [0.1, 0.15) is 34.6 Å². The summed E-state index contributed by atoms with van der Waals surface area (Å²) in [6, 6.07) is 0. The van der Waals surface area contributed by atoms with Crippen molar-refractivity contribution >= 4 is 23.0 Å². The first-order valence-electron chi connectivity index (χ1n) is 4.71. The quantitative estimate of drug-likeness (QED) is 0.430. The number of hydrogen-bond acceptors (Lipinski definition) is 4. The van der Waals surface area contributed by atoms with E-state index in [0.29, 0.717) is 0 Å². The first-order valence-corrected chi connectivity index (χ1v) is 5.09. The number of rotatable bonds is 3. The molecule has 88 valence electrons. The summed E-state index contributed by atoms with van der Waals surface area (Å²) >= 11 is 5.06. The Morgan fingerprint density at radius 1 is 1.13 bits per heavy atom. The molecule has 0 aliphatic carbocycles. The van der Waals surface area contributed by atoms with E-state index in [2.05, 4.69) is 4.74 Å². The molecule has 0 aliphatic rings. The molecule has 4 nitrogen and oxygen atoms in total. The van der Waals surface area contributed by atoms with Gasteiger partial charge in [-0.2, -0.15) is 0 Å². The van der Waals surface area contributed by atoms with E-state index in [0.717, 1.165) is 0 Å². The molecule has 0 rings (SSSR count). The highest BCUT2D eigenvalue weighted by Gasteiger charge is 2.29. The molecule has 15 heavy (non-hydrogen) atoms. The average molecular weight is 237 g/mol. The van der Waals surface area contributed by atoms with Crippen LogP contribution in [-0.2, 0) is 14.3 Å². The molecule has 0 radical (unpaired) electrons. The van der Waals surface area contributed by atoms with Crippen molar-refractivity contribution < 1.29 is 19.1 Å². The number of carbonyl (C=O) groups excluding carboxylic acids is 2. The van der Waals surface area contributed by atoms with Crippen LogP contribution >= 0.6 is 11.6 Å². The molecule has 0 saturated heterocycles. The van der Waals surface area contributed by atoms with Gasteiger partial charge in [-0.15, -0.1) is 0 Å². The van der Waals surface area contributed by atoms with Gasteiger partial charge in [0.25, 0.3) is 6.29 Å². The van der Waals surface area contributed by atoms with Crippen molar-refractivity contribution in [3.8, 4) is 0 Å². The Morgan fingerprint density at radius 2 is 1.60 bits per heavy atom. The van der Waals surface area contributed by atoms with Crippen LogP contribution < -0.4 is 0 Å². The van der Waals surface area contributed by atoms with Crippen molar-refractivity contribution in [3.63, 3.8) is 0 Å². The van der Waals surface area contributed by atoms with Gasteiger partial charge in [0.15, 0.2) is 0 Å². The molecule has 0 aromatic rings. The maximum absolute atomic E-state index is 11.5. The third kappa shape index (κ3) is 5.62. The molecule has 0 aromatic heterocycles. The van der Waals surface area contributed by atoms with E-state index < -0.39 is 23.1 Å². The molecule has 5 heteroatoms. The van der Waals surface area contributed by atoms with E-state index in [1.54, 1.807) is 34.6 Å². The lowest BCUT2D eigenvalue weighted by molar-refractivity contribution is -0.182. The Kier molecular flexibility index (Phi) is 5.08. The summed E-state index contributed by atoms with van der Waals surface area (Å²) in [5.41, 5.74) is -1.61. The van der Waals surface area contributed by atoms with Gasteiger partial charge in [-0.25, -0.2) is 4.79 Å². The van der Waals surface area contributed by atoms with E-state index >= 15 is 0 Å². The molecule has 0 amide bonds. The molecule has 1 atom stereocenters. The molecule has 0 aromatic carbocycles. The second kappa shape index (κ2) is 5.35. The van der Waals surface area contributed by atoms with Crippen molar-refractivity contribution in [1.82, 2.24) is 0 Å². The lowest BCUT2D eigenvalue weighted by Gasteiger charge is -2.24. The number of esters is 1. The van der Waals surface area contributed by atoms with Gasteiger partial charge < -0.3 is 9.47 Å². The van der Waals surface area contributed by atoms with Gasteiger partial charge in [0.2, 0.25) is 0 Å². The number of hydrogen-bond donors (Lipinski definition) is 0. The van der Waals surface area contributed by atoms with Crippen molar-refractivity contribution in [2.75, 3.05) is 0 Å². The fraction of sp³-hybridized carbons (Fsp3) is 0.800. The number of carbonyl (C=O) groups is 2. The molecular weight excluding hydrogens is 220 g/mol. The summed E-state index contributed by atoms with van der Waals surface area (Å²) in [6.07, 6.45) is -0.929. The van der Waals surface area contributed by atoms with Crippen LogP contribution in [0.5, 0.6) is 0 Å². The second-order valence-corrected chi connectivity index (χ2v) is 4.93. The molecule has 0 bridgehead atoms. The molecule has 0 heterocycles. The van der Waals surface area contributed by atoms with E-state index in [9.17, 15) is 9.59 Å². The summed E-state index contributed by atoms with van der Waals surface area (Å²) in [6.45, 7) is 8.68. The van der Waals surface area contributed by atoms with E-state index in [-0.39, 0.29) is 5.92 Å². The Morgan fingerprint density at radius 3 is 1.87 bits per heavy atom. The molecule has 0 N–H and O–H groups in total. The minimum Gasteiger partial charge on any atom is -0.424 e. The van der Waals surface area contributed by atoms with Gasteiger partial charge in [0, 0.05) is 17.5 Å². The highest BCUT2D eigenvalue weighted by Crippen LogP contribution is 2.19. The van der Waals surface area contributed by atoms with E-state index in [1.165, 1.54) is 0 Å². The highest BCUT2D eigenvalue weighted by atomic mass is 35.5. The second-order valence-electron chi connectivity index (χ2n) is 4.62. The van der Waals surface area contributed by atoms with Crippen LogP contribution in [0.3, 0.4) is 0 Å². The highest BCUT2D eigenvalue weighted by molar-refractivity contribution is 6.61.